The summed E-state index contributed by atoms with van der Waals surface area (Å²) in [6.45, 7) is 2.90. The summed E-state index contributed by atoms with van der Waals surface area (Å²) in [5.74, 6) is 1.28. The van der Waals surface area contributed by atoms with E-state index >= 15 is 0 Å². The van der Waals surface area contributed by atoms with Gasteiger partial charge in [0.15, 0.2) is 0 Å². The lowest BCUT2D eigenvalue weighted by Gasteiger charge is -2.22. The smallest absolute Gasteiger partial charge is 0.223 e. The van der Waals surface area contributed by atoms with Crippen LogP contribution in [0.4, 0.5) is 0 Å². The Morgan fingerprint density at radius 2 is 2.00 bits per heavy atom. The maximum Gasteiger partial charge on any atom is 0.223 e. The van der Waals surface area contributed by atoms with Crippen molar-refractivity contribution in [2.24, 2.45) is 11.8 Å². The van der Waals surface area contributed by atoms with E-state index in [0.29, 0.717) is 31.3 Å². The first-order valence-corrected chi connectivity index (χ1v) is 9.78. The van der Waals surface area contributed by atoms with Crippen LogP contribution in [0.1, 0.15) is 57.4 Å². The summed E-state index contributed by atoms with van der Waals surface area (Å²) in [7, 11) is 0. The van der Waals surface area contributed by atoms with Crippen LogP contribution >= 0.6 is 0 Å². The van der Waals surface area contributed by atoms with Crippen LogP contribution in [-0.2, 0) is 16.1 Å². The second kappa shape index (κ2) is 9.01. The second-order valence-electron chi connectivity index (χ2n) is 7.52. The van der Waals surface area contributed by atoms with Crippen molar-refractivity contribution in [1.29, 1.82) is 0 Å². The van der Waals surface area contributed by atoms with Gasteiger partial charge in [-0.25, -0.2) is 4.98 Å². The van der Waals surface area contributed by atoms with Crippen molar-refractivity contribution in [3.8, 4) is 5.88 Å². The summed E-state index contributed by atoms with van der Waals surface area (Å²) in [6.07, 6.45) is 9.15. The van der Waals surface area contributed by atoms with Gasteiger partial charge in [-0.3, -0.25) is 9.59 Å². The Hall–Kier alpha value is -2.11. The Morgan fingerprint density at radius 1 is 1.23 bits per heavy atom. The minimum atomic E-state index is -0.0688. The Kier molecular flexibility index (Phi) is 6.47. The third kappa shape index (κ3) is 5.71. The van der Waals surface area contributed by atoms with E-state index in [1.54, 1.807) is 6.20 Å². The van der Waals surface area contributed by atoms with Gasteiger partial charge in [0, 0.05) is 37.7 Å². The van der Waals surface area contributed by atoms with E-state index in [0.717, 1.165) is 24.8 Å². The van der Waals surface area contributed by atoms with Gasteiger partial charge >= 0.3 is 0 Å². The van der Waals surface area contributed by atoms with E-state index < -0.39 is 0 Å². The summed E-state index contributed by atoms with van der Waals surface area (Å²) >= 11 is 0. The molecule has 2 saturated carbocycles. The van der Waals surface area contributed by atoms with E-state index in [-0.39, 0.29) is 23.8 Å². The van der Waals surface area contributed by atoms with Crippen molar-refractivity contribution in [3.63, 3.8) is 0 Å². The zero-order chi connectivity index (χ0) is 18.4. The van der Waals surface area contributed by atoms with Crippen molar-refractivity contribution >= 4 is 11.8 Å². The van der Waals surface area contributed by atoms with Gasteiger partial charge in [0.2, 0.25) is 17.7 Å². The van der Waals surface area contributed by atoms with Gasteiger partial charge in [-0.1, -0.05) is 13.3 Å². The minimum absolute atomic E-state index is 0.0688. The van der Waals surface area contributed by atoms with Crippen LogP contribution in [-0.4, -0.2) is 29.4 Å². The van der Waals surface area contributed by atoms with E-state index in [4.69, 9.17) is 4.74 Å². The number of ether oxygens (including phenoxy) is 1. The molecule has 2 fully saturated rings. The molecule has 2 atom stereocenters. The molecular formula is C20H29N3O3. The molecule has 6 nitrogen and oxygen atoms in total. The molecular weight excluding hydrogens is 330 g/mol. The summed E-state index contributed by atoms with van der Waals surface area (Å²) < 4.78 is 5.96. The molecule has 0 radical (unpaired) electrons. The number of hydrogen-bond donors (Lipinski definition) is 2. The van der Waals surface area contributed by atoms with Gasteiger partial charge < -0.3 is 15.4 Å². The molecule has 1 heterocycles. The van der Waals surface area contributed by atoms with E-state index in [2.05, 4.69) is 22.5 Å². The maximum atomic E-state index is 11.9. The molecule has 0 aromatic carbocycles. The number of nitrogens with zero attached hydrogens (tertiary/aromatic N) is 1. The number of carbonyl (C=O) groups is 2. The number of amides is 2. The maximum absolute atomic E-state index is 11.9. The zero-order valence-electron chi connectivity index (χ0n) is 15.5. The molecule has 0 spiro atoms. The molecule has 1 aromatic heterocycles. The molecule has 26 heavy (non-hydrogen) atoms. The first-order chi connectivity index (χ1) is 12.6. The Bertz CT molecular complexity index is 628. The van der Waals surface area contributed by atoms with Gasteiger partial charge in [0.1, 0.15) is 6.10 Å². The zero-order valence-corrected chi connectivity index (χ0v) is 15.5. The predicted octanol–water partition coefficient (Wildman–Crippen LogP) is 2.57. The van der Waals surface area contributed by atoms with Crippen molar-refractivity contribution in [3.05, 3.63) is 23.9 Å². The first kappa shape index (κ1) is 18.7. The standard InChI is InChI=1S/C20H29N3O3/c1-14-11-17(14)20(25)22-10-8-18(24)23-13-15-7-9-21-19(12-15)26-16-5-3-2-4-6-16/h7,9,12,14,16-17H,2-6,8,10-11,13H2,1H3,(H,22,25)(H,23,24)/t14-,17-/m1/s1. The number of pyridine rings is 1. The molecule has 3 rings (SSSR count). The molecule has 2 aliphatic rings. The fourth-order valence-electron chi connectivity index (χ4n) is 3.39. The van der Waals surface area contributed by atoms with Crippen LogP contribution in [0.2, 0.25) is 0 Å². The highest BCUT2D eigenvalue weighted by Crippen LogP contribution is 2.37. The quantitative estimate of drug-likeness (QED) is 0.748. The van der Waals surface area contributed by atoms with Gasteiger partial charge in [-0.2, -0.15) is 0 Å². The number of nitrogens with one attached hydrogen (secondary N) is 2. The lowest BCUT2D eigenvalue weighted by atomic mass is 9.98. The molecule has 2 aliphatic carbocycles. The molecule has 2 N–H and O–H groups in total. The van der Waals surface area contributed by atoms with Gasteiger partial charge in [-0.15, -0.1) is 0 Å². The van der Waals surface area contributed by atoms with Crippen LogP contribution in [0, 0.1) is 11.8 Å². The van der Waals surface area contributed by atoms with E-state index in [1.807, 2.05) is 12.1 Å². The second-order valence-corrected chi connectivity index (χ2v) is 7.52. The third-order valence-corrected chi connectivity index (χ3v) is 5.23. The lowest BCUT2D eigenvalue weighted by Crippen LogP contribution is -2.31. The monoisotopic (exact) mass is 359 g/mol. The lowest BCUT2D eigenvalue weighted by molar-refractivity contribution is -0.123. The van der Waals surface area contributed by atoms with Crippen molar-refractivity contribution in [1.82, 2.24) is 15.6 Å². The number of carbonyl (C=O) groups excluding carboxylic acids is 2. The summed E-state index contributed by atoms with van der Waals surface area (Å²) in [5.41, 5.74) is 0.968. The highest BCUT2D eigenvalue weighted by atomic mass is 16.5. The normalized spacial score (nSPS) is 22.5. The van der Waals surface area contributed by atoms with Crippen molar-refractivity contribution in [2.75, 3.05) is 6.54 Å². The topological polar surface area (TPSA) is 80.3 Å². The molecule has 0 unspecified atom stereocenters. The van der Waals surface area contributed by atoms with Crippen LogP contribution in [0.15, 0.2) is 18.3 Å². The predicted molar refractivity (Wildman–Crippen MR) is 98.5 cm³/mol. The Morgan fingerprint density at radius 3 is 2.73 bits per heavy atom. The minimum Gasteiger partial charge on any atom is -0.474 e. The average Bonchev–Trinajstić information content (AvgIpc) is 3.38. The molecule has 6 heteroatoms. The van der Waals surface area contributed by atoms with Crippen LogP contribution in [0.25, 0.3) is 0 Å². The first-order valence-electron chi connectivity index (χ1n) is 9.78. The largest absolute Gasteiger partial charge is 0.474 e. The number of rotatable bonds is 8. The SMILES string of the molecule is C[C@@H]1C[C@H]1C(=O)NCCC(=O)NCc1ccnc(OC2CCCCC2)c1. The molecule has 0 saturated heterocycles. The highest BCUT2D eigenvalue weighted by molar-refractivity contribution is 5.82. The van der Waals surface area contributed by atoms with Crippen LogP contribution in [0.5, 0.6) is 5.88 Å². The van der Waals surface area contributed by atoms with E-state index in [1.165, 1.54) is 19.3 Å². The fraction of sp³-hybridized carbons (Fsp3) is 0.650. The molecule has 2 amide bonds. The summed E-state index contributed by atoms with van der Waals surface area (Å²) in [4.78, 5) is 27.9. The fourth-order valence-corrected chi connectivity index (χ4v) is 3.39. The average molecular weight is 359 g/mol. The number of hydrogen-bond acceptors (Lipinski definition) is 4. The summed E-state index contributed by atoms with van der Waals surface area (Å²) in [6, 6.07) is 3.77. The Labute approximate surface area is 155 Å². The van der Waals surface area contributed by atoms with E-state index in [9.17, 15) is 9.59 Å². The third-order valence-electron chi connectivity index (χ3n) is 5.23. The van der Waals surface area contributed by atoms with Gasteiger partial charge in [0.05, 0.1) is 0 Å². The Balaban J connectivity index is 1.36. The summed E-state index contributed by atoms with van der Waals surface area (Å²) in [5, 5.41) is 5.71. The van der Waals surface area contributed by atoms with Gasteiger partial charge in [-0.05, 0) is 49.7 Å². The van der Waals surface area contributed by atoms with Crippen LogP contribution in [0.3, 0.4) is 0 Å². The highest BCUT2D eigenvalue weighted by Gasteiger charge is 2.38. The molecule has 0 bridgehead atoms. The van der Waals surface area contributed by atoms with Gasteiger partial charge in [0.25, 0.3) is 0 Å². The van der Waals surface area contributed by atoms with Crippen molar-refractivity contribution < 1.29 is 14.3 Å². The van der Waals surface area contributed by atoms with Crippen molar-refractivity contribution in [2.45, 2.75) is 64.5 Å². The molecule has 1 aromatic rings. The number of aromatic nitrogens is 1. The molecule has 142 valence electrons. The van der Waals surface area contributed by atoms with Crippen LogP contribution < -0.4 is 15.4 Å². The molecule has 0 aliphatic heterocycles.